The zero-order valence-corrected chi connectivity index (χ0v) is 11.7. The fraction of sp³-hybridized carbons (Fsp3) is 0. The van der Waals surface area contributed by atoms with Crippen molar-refractivity contribution < 1.29 is 13.2 Å². The number of hydrogen-bond acceptors (Lipinski definition) is 4. The number of hydrazone groups is 1. The molecule has 0 aliphatic rings. The molecule has 0 aliphatic heterocycles. The molecule has 6 nitrogen and oxygen atoms in total. The van der Waals surface area contributed by atoms with E-state index in [1.807, 2.05) is 30.3 Å². The van der Waals surface area contributed by atoms with Crippen LogP contribution in [0.4, 0.5) is 0 Å². The van der Waals surface area contributed by atoms with E-state index in [0.717, 1.165) is 5.56 Å². The summed E-state index contributed by atoms with van der Waals surface area (Å²) < 4.78 is 22.8. The van der Waals surface area contributed by atoms with Crippen molar-refractivity contribution in [3.63, 3.8) is 0 Å². The minimum absolute atomic E-state index is 0.0507. The lowest BCUT2D eigenvalue weighted by molar-refractivity contribution is 0.0952. The molecule has 3 N–H and O–H groups in total. The van der Waals surface area contributed by atoms with Gasteiger partial charge in [0.2, 0.25) is 10.0 Å². The number of rotatable bonds is 4. The quantitative estimate of drug-likeness (QED) is 0.653. The van der Waals surface area contributed by atoms with Crippen LogP contribution in [0.1, 0.15) is 15.9 Å². The van der Waals surface area contributed by atoms with Gasteiger partial charge in [-0.25, -0.2) is 19.0 Å². The van der Waals surface area contributed by atoms with Crippen molar-refractivity contribution in [3.8, 4) is 0 Å². The van der Waals surface area contributed by atoms with E-state index in [9.17, 15) is 13.2 Å². The van der Waals surface area contributed by atoms with Gasteiger partial charge in [-0.1, -0.05) is 42.5 Å². The number of carbonyl (C=O) groups excluding carboxylic acids is 1. The molecule has 0 heterocycles. The molecule has 108 valence electrons. The summed E-state index contributed by atoms with van der Waals surface area (Å²) in [6, 6.07) is 14.8. The van der Waals surface area contributed by atoms with Gasteiger partial charge in [0.1, 0.15) is 0 Å². The smallest absolute Gasteiger partial charge is 0.267 e. The first kappa shape index (κ1) is 14.9. The number of nitrogens with one attached hydrogen (secondary N) is 1. The first-order valence-corrected chi connectivity index (χ1v) is 7.53. The van der Waals surface area contributed by atoms with Gasteiger partial charge >= 0.3 is 0 Å². The highest BCUT2D eigenvalue weighted by atomic mass is 32.2. The van der Waals surface area contributed by atoms with E-state index in [0.29, 0.717) is 0 Å². The molecule has 0 bridgehead atoms. The van der Waals surface area contributed by atoms with E-state index < -0.39 is 15.9 Å². The number of sulfonamides is 1. The Kier molecular flexibility index (Phi) is 4.46. The minimum Gasteiger partial charge on any atom is -0.267 e. The van der Waals surface area contributed by atoms with E-state index in [2.05, 4.69) is 10.5 Å². The first-order valence-electron chi connectivity index (χ1n) is 5.99. The Bertz CT molecular complexity index is 771. The van der Waals surface area contributed by atoms with Crippen molar-refractivity contribution in [2.24, 2.45) is 10.2 Å². The number of benzene rings is 2. The van der Waals surface area contributed by atoms with Crippen LogP contribution in [0, 0.1) is 0 Å². The predicted molar refractivity (Wildman–Crippen MR) is 79.3 cm³/mol. The Balaban J connectivity index is 2.17. The second kappa shape index (κ2) is 6.29. The number of carbonyl (C=O) groups is 1. The highest BCUT2D eigenvalue weighted by Gasteiger charge is 2.18. The summed E-state index contributed by atoms with van der Waals surface area (Å²) in [5, 5.41) is 8.85. The summed E-state index contributed by atoms with van der Waals surface area (Å²) in [6.45, 7) is 0. The lowest BCUT2D eigenvalue weighted by Crippen LogP contribution is -2.23. The molecule has 1 amide bonds. The molecule has 0 spiro atoms. The highest BCUT2D eigenvalue weighted by molar-refractivity contribution is 7.89. The zero-order chi connectivity index (χ0) is 15.3. The molecule has 2 aromatic carbocycles. The molecule has 0 radical (unpaired) electrons. The maximum Gasteiger partial charge on any atom is 0.272 e. The molecule has 0 aliphatic carbocycles. The second-order valence-corrected chi connectivity index (χ2v) is 5.68. The van der Waals surface area contributed by atoms with Gasteiger partial charge in [0.15, 0.2) is 0 Å². The first-order chi connectivity index (χ1) is 9.98. The lowest BCUT2D eigenvalue weighted by Gasteiger charge is -2.05. The maximum absolute atomic E-state index is 12.0. The Morgan fingerprint density at radius 1 is 1.05 bits per heavy atom. The number of nitrogens with two attached hydrogens (primary N) is 1. The number of hydrogen-bond donors (Lipinski definition) is 2. The summed E-state index contributed by atoms with van der Waals surface area (Å²) in [4.78, 5) is 11.7. The molecule has 0 saturated carbocycles. The van der Waals surface area contributed by atoms with Crippen LogP contribution in [0.2, 0.25) is 0 Å². The maximum atomic E-state index is 12.0. The highest BCUT2D eigenvalue weighted by Crippen LogP contribution is 2.13. The van der Waals surface area contributed by atoms with E-state index in [1.54, 1.807) is 6.07 Å². The molecular formula is C14H13N3O3S. The van der Waals surface area contributed by atoms with Crippen LogP contribution >= 0.6 is 0 Å². The van der Waals surface area contributed by atoms with Crippen molar-refractivity contribution in [1.29, 1.82) is 0 Å². The number of primary sulfonamides is 1. The van der Waals surface area contributed by atoms with E-state index >= 15 is 0 Å². The van der Waals surface area contributed by atoms with E-state index in [1.165, 1.54) is 24.4 Å². The average molecular weight is 303 g/mol. The van der Waals surface area contributed by atoms with Crippen LogP contribution < -0.4 is 10.6 Å². The Morgan fingerprint density at radius 2 is 1.67 bits per heavy atom. The van der Waals surface area contributed by atoms with Gasteiger partial charge in [0.05, 0.1) is 16.7 Å². The molecule has 2 rings (SSSR count). The SMILES string of the molecule is NS(=O)(=O)c1ccccc1C(=O)N/N=C/c1ccccc1. The summed E-state index contributed by atoms with van der Waals surface area (Å²) in [5.41, 5.74) is 3.02. The van der Waals surface area contributed by atoms with Gasteiger partial charge in [-0.15, -0.1) is 0 Å². The summed E-state index contributed by atoms with van der Waals surface area (Å²) in [7, 11) is -3.97. The summed E-state index contributed by atoms with van der Waals surface area (Å²) in [6.07, 6.45) is 1.46. The van der Waals surface area contributed by atoms with Gasteiger partial charge in [0, 0.05) is 0 Å². The molecule has 21 heavy (non-hydrogen) atoms. The fourth-order valence-electron chi connectivity index (χ4n) is 1.67. The molecule has 7 heteroatoms. The average Bonchev–Trinajstić information content (AvgIpc) is 2.47. The van der Waals surface area contributed by atoms with Gasteiger partial charge in [-0.05, 0) is 17.7 Å². The third-order valence-corrected chi connectivity index (χ3v) is 3.59. The van der Waals surface area contributed by atoms with Crippen molar-refractivity contribution in [1.82, 2.24) is 5.43 Å². The third-order valence-electron chi connectivity index (χ3n) is 2.62. The van der Waals surface area contributed by atoms with Gasteiger partial charge in [-0.2, -0.15) is 5.10 Å². The van der Waals surface area contributed by atoms with Crippen LogP contribution in [0.25, 0.3) is 0 Å². The molecule has 2 aromatic rings. The van der Waals surface area contributed by atoms with E-state index in [4.69, 9.17) is 5.14 Å². The summed E-state index contributed by atoms with van der Waals surface area (Å²) in [5.74, 6) is -0.646. The molecule has 0 unspecified atom stereocenters. The van der Waals surface area contributed by atoms with Crippen LogP contribution in [0.5, 0.6) is 0 Å². The Morgan fingerprint density at radius 3 is 2.33 bits per heavy atom. The van der Waals surface area contributed by atoms with Gasteiger partial charge < -0.3 is 0 Å². The van der Waals surface area contributed by atoms with E-state index in [-0.39, 0.29) is 10.5 Å². The number of nitrogens with zero attached hydrogens (tertiary/aromatic N) is 1. The van der Waals surface area contributed by atoms with Crippen molar-refractivity contribution >= 4 is 22.1 Å². The predicted octanol–water partition coefficient (Wildman–Crippen LogP) is 1.10. The normalized spacial score (nSPS) is 11.5. The lowest BCUT2D eigenvalue weighted by atomic mass is 10.2. The largest absolute Gasteiger partial charge is 0.272 e. The Labute approximate surface area is 122 Å². The third kappa shape index (κ3) is 3.98. The fourth-order valence-corrected chi connectivity index (χ4v) is 2.40. The Hall–Kier alpha value is -2.51. The van der Waals surface area contributed by atoms with Crippen LogP contribution in [0.15, 0.2) is 64.6 Å². The molecule has 0 saturated heterocycles. The van der Waals surface area contributed by atoms with Crippen molar-refractivity contribution in [2.75, 3.05) is 0 Å². The zero-order valence-electron chi connectivity index (χ0n) is 10.9. The summed E-state index contributed by atoms with van der Waals surface area (Å²) >= 11 is 0. The molecule has 0 fully saturated rings. The van der Waals surface area contributed by atoms with Crippen LogP contribution in [-0.2, 0) is 10.0 Å². The molecule has 0 aromatic heterocycles. The standard InChI is InChI=1S/C14H13N3O3S/c15-21(19,20)13-9-5-4-8-12(13)14(18)17-16-10-11-6-2-1-3-7-11/h1-10H,(H,17,18)(H2,15,19,20)/b16-10+. The molecule has 0 atom stereocenters. The van der Waals surface area contributed by atoms with Gasteiger partial charge in [0.25, 0.3) is 5.91 Å². The number of amides is 1. The molecular weight excluding hydrogens is 290 g/mol. The second-order valence-electron chi connectivity index (χ2n) is 4.15. The van der Waals surface area contributed by atoms with Crippen molar-refractivity contribution in [2.45, 2.75) is 4.90 Å². The van der Waals surface area contributed by atoms with Crippen molar-refractivity contribution in [3.05, 3.63) is 65.7 Å². The monoisotopic (exact) mass is 303 g/mol. The van der Waals surface area contributed by atoms with Crippen LogP contribution in [-0.4, -0.2) is 20.5 Å². The van der Waals surface area contributed by atoms with Gasteiger partial charge in [-0.3, -0.25) is 4.79 Å². The van der Waals surface area contributed by atoms with Crippen LogP contribution in [0.3, 0.4) is 0 Å². The minimum atomic E-state index is -3.97. The topological polar surface area (TPSA) is 102 Å².